The molecule has 0 aliphatic carbocycles. The summed E-state index contributed by atoms with van der Waals surface area (Å²) in [5.41, 5.74) is -0.700. The molecular formula is C18H13F5N2O2. The van der Waals surface area contributed by atoms with Crippen molar-refractivity contribution < 1.29 is 31.5 Å². The van der Waals surface area contributed by atoms with Crippen LogP contribution < -0.4 is 10.2 Å². The van der Waals surface area contributed by atoms with E-state index in [4.69, 9.17) is 0 Å². The van der Waals surface area contributed by atoms with E-state index in [0.29, 0.717) is 6.07 Å². The third-order valence-electron chi connectivity index (χ3n) is 4.13. The summed E-state index contributed by atoms with van der Waals surface area (Å²) in [5, 5.41) is 2.44. The average molecular weight is 384 g/mol. The third-order valence-corrected chi connectivity index (χ3v) is 4.13. The van der Waals surface area contributed by atoms with E-state index in [2.05, 4.69) is 5.32 Å². The molecule has 1 heterocycles. The summed E-state index contributed by atoms with van der Waals surface area (Å²) in [4.78, 5) is 25.5. The summed E-state index contributed by atoms with van der Waals surface area (Å²) < 4.78 is 64.3. The predicted molar refractivity (Wildman–Crippen MR) is 86.9 cm³/mol. The van der Waals surface area contributed by atoms with Crippen molar-refractivity contribution in [1.29, 1.82) is 0 Å². The lowest BCUT2D eigenvalue weighted by atomic mass is 10.1. The fraction of sp³-hybridized carbons (Fsp3) is 0.222. The molecule has 1 unspecified atom stereocenters. The predicted octanol–water partition coefficient (Wildman–Crippen LogP) is 3.98. The van der Waals surface area contributed by atoms with Crippen LogP contribution in [-0.2, 0) is 15.8 Å². The van der Waals surface area contributed by atoms with Crippen molar-refractivity contribution in [3.05, 3.63) is 59.7 Å². The zero-order valence-corrected chi connectivity index (χ0v) is 13.7. The van der Waals surface area contributed by atoms with Crippen LogP contribution in [0.5, 0.6) is 0 Å². The molecule has 3 rings (SSSR count). The number of alkyl halides is 3. The summed E-state index contributed by atoms with van der Waals surface area (Å²) in [6, 6.07) is 6.51. The largest absolute Gasteiger partial charge is 0.416 e. The molecule has 2 aromatic rings. The lowest BCUT2D eigenvalue weighted by Gasteiger charge is -2.17. The molecule has 1 fully saturated rings. The number of carbonyl (C=O) groups is 2. The Morgan fingerprint density at radius 2 is 1.63 bits per heavy atom. The molecule has 1 aliphatic rings. The molecule has 1 atom stereocenters. The summed E-state index contributed by atoms with van der Waals surface area (Å²) >= 11 is 0. The van der Waals surface area contributed by atoms with Gasteiger partial charge in [0.05, 0.1) is 11.5 Å². The van der Waals surface area contributed by atoms with Crippen LogP contribution in [0.15, 0.2) is 42.5 Å². The number of anilines is 2. The van der Waals surface area contributed by atoms with Crippen molar-refractivity contribution in [2.24, 2.45) is 5.92 Å². The van der Waals surface area contributed by atoms with Gasteiger partial charge in [0.15, 0.2) is 0 Å². The van der Waals surface area contributed by atoms with Crippen molar-refractivity contribution in [1.82, 2.24) is 0 Å². The maximum Gasteiger partial charge on any atom is 0.416 e. The van der Waals surface area contributed by atoms with Gasteiger partial charge in [0.1, 0.15) is 11.6 Å². The van der Waals surface area contributed by atoms with E-state index in [0.717, 1.165) is 41.3 Å². The van der Waals surface area contributed by atoms with Crippen LogP contribution in [0.1, 0.15) is 12.0 Å². The van der Waals surface area contributed by atoms with Gasteiger partial charge in [-0.15, -0.1) is 0 Å². The number of amides is 2. The fourth-order valence-corrected chi connectivity index (χ4v) is 2.81. The van der Waals surface area contributed by atoms with E-state index in [1.165, 1.54) is 0 Å². The van der Waals surface area contributed by atoms with E-state index in [1.54, 1.807) is 0 Å². The van der Waals surface area contributed by atoms with Crippen molar-refractivity contribution in [3.8, 4) is 0 Å². The smallest absolute Gasteiger partial charge is 0.326 e. The summed E-state index contributed by atoms with van der Waals surface area (Å²) in [5.74, 6) is -3.55. The molecule has 9 heteroatoms. The Labute approximate surface area is 150 Å². The van der Waals surface area contributed by atoms with Crippen LogP contribution in [-0.4, -0.2) is 18.4 Å². The van der Waals surface area contributed by atoms with Gasteiger partial charge >= 0.3 is 6.18 Å². The second-order valence-corrected chi connectivity index (χ2v) is 6.10. The number of rotatable bonds is 3. The second-order valence-electron chi connectivity index (χ2n) is 6.10. The molecule has 0 radical (unpaired) electrons. The minimum Gasteiger partial charge on any atom is -0.326 e. The lowest BCUT2D eigenvalue weighted by molar-refractivity contribution is -0.137. The third kappa shape index (κ3) is 4.24. The highest BCUT2D eigenvalue weighted by Crippen LogP contribution is 2.30. The van der Waals surface area contributed by atoms with Crippen LogP contribution in [0.3, 0.4) is 0 Å². The van der Waals surface area contributed by atoms with Crippen LogP contribution >= 0.6 is 0 Å². The molecule has 2 amide bonds. The Morgan fingerprint density at radius 3 is 2.19 bits per heavy atom. The molecule has 1 aliphatic heterocycles. The van der Waals surface area contributed by atoms with Gasteiger partial charge in [0, 0.05) is 30.4 Å². The quantitative estimate of drug-likeness (QED) is 0.814. The molecule has 27 heavy (non-hydrogen) atoms. The van der Waals surface area contributed by atoms with Crippen LogP contribution in [0.4, 0.5) is 33.3 Å². The topological polar surface area (TPSA) is 49.4 Å². The molecule has 0 spiro atoms. The minimum absolute atomic E-state index is 0.00216. The monoisotopic (exact) mass is 384 g/mol. The molecule has 1 N–H and O–H groups in total. The van der Waals surface area contributed by atoms with Gasteiger partial charge in [-0.1, -0.05) is 0 Å². The number of nitrogens with zero attached hydrogens (tertiary/aromatic N) is 1. The van der Waals surface area contributed by atoms with E-state index in [-0.39, 0.29) is 24.3 Å². The number of hydrogen-bond donors (Lipinski definition) is 1. The second kappa shape index (κ2) is 6.98. The lowest BCUT2D eigenvalue weighted by Crippen LogP contribution is -2.28. The number of hydrogen-bond acceptors (Lipinski definition) is 2. The first kappa shape index (κ1) is 18.8. The van der Waals surface area contributed by atoms with Crippen LogP contribution in [0.2, 0.25) is 0 Å². The average Bonchev–Trinajstić information content (AvgIpc) is 2.95. The van der Waals surface area contributed by atoms with Gasteiger partial charge in [-0.05, 0) is 36.4 Å². The normalized spacial score (nSPS) is 17.3. The minimum atomic E-state index is -4.48. The highest BCUT2D eigenvalue weighted by Gasteiger charge is 2.36. The van der Waals surface area contributed by atoms with E-state index >= 15 is 0 Å². The van der Waals surface area contributed by atoms with E-state index < -0.39 is 41.1 Å². The SMILES string of the molecule is O=C(Nc1ccc(C(F)(F)F)cc1)C1CC(=O)N(c2cc(F)cc(F)c2)C1. The fourth-order valence-electron chi connectivity index (χ4n) is 2.81. The molecular weight excluding hydrogens is 371 g/mol. The summed E-state index contributed by atoms with van der Waals surface area (Å²) in [6.45, 7) is -0.0891. The van der Waals surface area contributed by atoms with E-state index in [9.17, 15) is 31.5 Å². The van der Waals surface area contributed by atoms with Gasteiger partial charge in [-0.25, -0.2) is 8.78 Å². The Bertz CT molecular complexity index is 860. The highest BCUT2D eigenvalue weighted by molar-refractivity contribution is 6.03. The molecule has 142 valence electrons. The zero-order chi connectivity index (χ0) is 19.8. The number of carbonyl (C=O) groups excluding carboxylic acids is 2. The number of nitrogens with one attached hydrogen (secondary N) is 1. The first-order chi connectivity index (χ1) is 12.6. The first-order valence-electron chi connectivity index (χ1n) is 7.88. The van der Waals surface area contributed by atoms with Gasteiger partial charge in [-0.2, -0.15) is 13.2 Å². The standard InChI is InChI=1S/C18H13F5N2O2/c19-12-6-13(20)8-15(7-12)25-9-10(5-16(25)26)17(27)24-14-3-1-11(2-4-14)18(21,22)23/h1-4,6-8,10H,5,9H2,(H,24,27). The van der Waals surface area contributed by atoms with Crippen molar-refractivity contribution in [2.75, 3.05) is 16.8 Å². The maximum atomic E-state index is 13.3. The van der Waals surface area contributed by atoms with Crippen molar-refractivity contribution >= 4 is 23.2 Å². The maximum absolute atomic E-state index is 13.3. The van der Waals surface area contributed by atoms with Gasteiger partial charge in [0.2, 0.25) is 11.8 Å². The Kier molecular flexibility index (Phi) is 4.86. The van der Waals surface area contributed by atoms with Crippen LogP contribution in [0, 0.1) is 17.6 Å². The number of benzene rings is 2. The molecule has 0 bridgehead atoms. The highest BCUT2D eigenvalue weighted by atomic mass is 19.4. The molecule has 1 saturated heterocycles. The Hall–Kier alpha value is -2.97. The molecule has 0 aromatic heterocycles. The van der Waals surface area contributed by atoms with Crippen LogP contribution in [0.25, 0.3) is 0 Å². The van der Waals surface area contributed by atoms with Gasteiger partial charge < -0.3 is 10.2 Å². The molecule has 0 saturated carbocycles. The van der Waals surface area contributed by atoms with Gasteiger partial charge in [-0.3, -0.25) is 9.59 Å². The Morgan fingerprint density at radius 1 is 1.04 bits per heavy atom. The number of halogens is 5. The Balaban J connectivity index is 1.69. The van der Waals surface area contributed by atoms with Gasteiger partial charge in [0.25, 0.3) is 0 Å². The van der Waals surface area contributed by atoms with Crippen molar-refractivity contribution in [2.45, 2.75) is 12.6 Å². The van der Waals surface area contributed by atoms with E-state index in [1.807, 2.05) is 0 Å². The zero-order valence-electron chi connectivity index (χ0n) is 13.7. The summed E-state index contributed by atoms with van der Waals surface area (Å²) in [6.07, 6.45) is -4.66. The summed E-state index contributed by atoms with van der Waals surface area (Å²) in [7, 11) is 0. The molecule has 4 nitrogen and oxygen atoms in total. The van der Waals surface area contributed by atoms with Crippen molar-refractivity contribution in [3.63, 3.8) is 0 Å². The molecule has 2 aromatic carbocycles. The first-order valence-corrected chi connectivity index (χ1v) is 7.88.